The maximum absolute atomic E-state index is 10.1. The predicted molar refractivity (Wildman–Crippen MR) is 97.8 cm³/mol. The third-order valence-electron chi connectivity index (χ3n) is 2.50. The number of carbonyl (C=O) groups is 1. The standard InChI is InChI=1S/C11H9N.C7H12O2.C2H4/c12-10-6-2-5-9-11-7-3-1-4-8-11;1-3-4-5-6(2)7(8)9;1-2/h1-9H;2-5H2,1H3,(H,8,9);1-2H2. The molecule has 23 heavy (non-hydrogen) atoms. The van der Waals surface area contributed by atoms with Crippen LogP contribution in [0.4, 0.5) is 0 Å². The van der Waals surface area contributed by atoms with Crippen LogP contribution in [0.15, 0.2) is 73.9 Å². The first-order valence-corrected chi connectivity index (χ1v) is 7.30. The number of rotatable bonds is 6. The molecule has 0 saturated heterocycles. The summed E-state index contributed by atoms with van der Waals surface area (Å²) in [6.07, 6.45) is 9.52. The van der Waals surface area contributed by atoms with Crippen LogP contribution in [-0.2, 0) is 4.79 Å². The van der Waals surface area contributed by atoms with Gasteiger partial charge in [-0.1, -0.05) is 68.5 Å². The summed E-state index contributed by atoms with van der Waals surface area (Å²) in [5, 5.41) is 16.5. The topological polar surface area (TPSA) is 61.1 Å². The summed E-state index contributed by atoms with van der Waals surface area (Å²) in [6.45, 7) is 11.4. The van der Waals surface area contributed by atoms with Gasteiger partial charge in [0.15, 0.2) is 0 Å². The van der Waals surface area contributed by atoms with E-state index in [-0.39, 0.29) is 0 Å². The van der Waals surface area contributed by atoms with Crippen LogP contribution in [0.25, 0.3) is 6.08 Å². The van der Waals surface area contributed by atoms with Gasteiger partial charge in [0.2, 0.25) is 0 Å². The molecule has 0 spiro atoms. The van der Waals surface area contributed by atoms with Crippen molar-refractivity contribution in [1.82, 2.24) is 0 Å². The number of carboxylic acids is 1. The molecule has 0 radical (unpaired) electrons. The van der Waals surface area contributed by atoms with Gasteiger partial charge >= 0.3 is 5.97 Å². The van der Waals surface area contributed by atoms with E-state index in [1.807, 2.05) is 55.5 Å². The van der Waals surface area contributed by atoms with Crippen LogP contribution in [0.2, 0.25) is 0 Å². The maximum atomic E-state index is 10.1. The minimum Gasteiger partial charge on any atom is -0.478 e. The van der Waals surface area contributed by atoms with Gasteiger partial charge in [-0.3, -0.25) is 0 Å². The molecular formula is C20H25NO2. The molecule has 1 rings (SSSR count). The Morgan fingerprint density at radius 2 is 1.87 bits per heavy atom. The molecular weight excluding hydrogens is 286 g/mol. The summed E-state index contributed by atoms with van der Waals surface area (Å²) in [5.74, 6) is -0.872. The lowest BCUT2D eigenvalue weighted by Gasteiger charge is -1.95. The van der Waals surface area contributed by atoms with E-state index in [4.69, 9.17) is 10.4 Å². The number of nitriles is 1. The van der Waals surface area contributed by atoms with Crippen molar-refractivity contribution in [2.45, 2.75) is 26.2 Å². The molecule has 0 amide bonds. The molecule has 1 aromatic rings. The van der Waals surface area contributed by atoms with E-state index in [0.717, 1.165) is 18.4 Å². The first-order chi connectivity index (χ1) is 11.1. The van der Waals surface area contributed by atoms with E-state index in [2.05, 4.69) is 19.7 Å². The maximum Gasteiger partial charge on any atom is 0.330 e. The fourth-order valence-electron chi connectivity index (χ4n) is 1.33. The molecule has 0 aliphatic carbocycles. The molecule has 122 valence electrons. The number of carboxylic acid groups (broad SMARTS) is 1. The summed E-state index contributed by atoms with van der Waals surface area (Å²) < 4.78 is 0. The van der Waals surface area contributed by atoms with Gasteiger partial charge in [-0.05, 0) is 18.4 Å². The Balaban J connectivity index is 0. The Bertz CT molecular complexity index is 537. The van der Waals surface area contributed by atoms with Crippen LogP contribution >= 0.6 is 0 Å². The molecule has 0 heterocycles. The first kappa shape index (κ1) is 22.4. The number of unbranched alkanes of at least 4 members (excludes halogenated alkanes) is 1. The highest BCUT2D eigenvalue weighted by molar-refractivity contribution is 5.85. The lowest BCUT2D eigenvalue weighted by Crippen LogP contribution is -1.97. The molecule has 1 aromatic carbocycles. The zero-order chi connectivity index (χ0) is 17.9. The number of hydrogen-bond donors (Lipinski definition) is 1. The Morgan fingerprint density at radius 1 is 1.26 bits per heavy atom. The van der Waals surface area contributed by atoms with Crippen LogP contribution in [0.5, 0.6) is 0 Å². The minimum absolute atomic E-state index is 0.317. The first-order valence-electron chi connectivity index (χ1n) is 7.30. The van der Waals surface area contributed by atoms with Gasteiger partial charge in [0.1, 0.15) is 0 Å². The van der Waals surface area contributed by atoms with E-state index < -0.39 is 5.97 Å². The second kappa shape index (κ2) is 17.2. The molecule has 3 heteroatoms. The number of allylic oxidation sites excluding steroid dienone is 3. The Kier molecular flexibility index (Phi) is 16.8. The van der Waals surface area contributed by atoms with Crippen LogP contribution < -0.4 is 0 Å². The summed E-state index contributed by atoms with van der Waals surface area (Å²) in [4.78, 5) is 10.1. The van der Waals surface area contributed by atoms with Crippen molar-refractivity contribution < 1.29 is 9.90 Å². The van der Waals surface area contributed by atoms with Crippen LogP contribution in [0.1, 0.15) is 31.7 Å². The van der Waals surface area contributed by atoms with Crippen molar-refractivity contribution in [2.24, 2.45) is 0 Å². The zero-order valence-corrected chi connectivity index (χ0v) is 13.7. The van der Waals surface area contributed by atoms with Crippen LogP contribution in [-0.4, -0.2) is 11.1 Å². The number of hydrogen-bond acceptors (Lipinski definition) is 2. The van der Waals surface area contributed by atoms with Gasteiger partial charge in [0, 0.05) is 11.6 Å². The van der Waals surface area contributed by atoms with Crippen molar-refractivity contribution >= 4 is 12.0 Å². The highest BCUT2D eigenvalue weighted by Gasteiger charge is 2.00. The monoisotopic (exact) mass is 311 g/mol. The van der Waals surface area contributed by atoms with Gasteiger partial charge in [-0.2, -0.15) is 5.26 Å². The number of aliphatic carboxylic acids is 1. The second-order valence-corrected chi connectivity index (χ2v) is 4.27. The summed E-state index contributed by atoms with van der Waals surface area (Å²) in [5.41, 5.74) is 1.46. The van der Waals surface area contributed by atoms with Gasteiger partial charge in [-0.25, -0.2) is 4.79 Å². The van der Waals surface area contributed by atoms with Crippen LogP contribution in [0.3, 0.4) is 0 Å². The average molecular weight is 311 g/mol. The largest absolute Gasteiger partial charge is 0.478 e. The normalized spacial score (nSPS) is 9.22. The lowest BCUT2D eigenvalue weighted by atomic mass is 10.1. The third kappa shape index (κ3) is 15.3. The van der Waals surface area contributed by atoms with E-state index in [9.17, 15) is 4.79 Å². The van der Waals surface area contributed by atoms with Gasteiger partial charge in [0.25, 0.3) is 0 Å². The Labute approximate surface area is 139 Å². The molecule has 0 bridgehead atoms. The number of nitrogens with zero attached hydrogens (tertiary/aromatic N) is 1. The molecule has 1 N–H and O–H groups in total. The zero-order valence-electron chi connectivity index (χ0n) is 13.7. The number of benzene rings is 1. The second-order valence-electron chi connectivity index (χ2n) is 4.27. The summed E-state index contributed by atoms with van der Waals surface area (Å²) in [6, 6.07) is 11.9. The van der Waals surface area contributed by atoms with E-state index in [1.54, 1.807) is 6.08 Å². The fourth-order valence-corrected chi connectivity index (χ4v) is 1.33. The smallest absolute Gasteiger partial charge is 0.330 e. The molecule has 0 aliphatic rings. The molecule has 0 aromatic heterocycles. The van der Waals surface area contributed by atoms with Crippen molar-refractivity contribution in [2.75, 3.05) is 0 Å². The average Bonchev–Trinajstić information content (AvgIpc) is 2.60. The van der Waals surface area contributed by atoms with E-state index in [1.165, 1.54) is 6.08 Å². The SMILES string of the molecule is C=C.C=C(CCCC)C(=O)O.N#CC=CC=Cc1ccccc1. The third-order valence-corrected chi connectivity index (χ3v) is 2.50. The van der Waals surface area contributed by atoms with Gasteiger partial charge in [0.05, 0.1) is 6.07 Å². The van der Waals surface area contributed by atoms with E-state index >= 15 is 0 Å². The van der Waals surface area contributed by atoms with Crippen molar-refractivity contribution in [1.29, 1.82) is 5.26 Å². The molecule has 3 nitrogen and oxygen atoms in total. The molecule has 0 unspecified atom stereocenters. The molecule has 0 fully saturated rings. The highest BCUT2D eigenvalue weighted by Crippen LogP contribution is 2.03. The highest BCUT2D eigenvalue weighted by atomic mass is 16.4. The van der Waals surface area contributed by atoms with Crippen LogP contribution in [0, 0.1) is 11.3 Å². The van der Waals surface area contributed by atoms with Gasteiger partial charge in [-0.15, -0.1) is 13.2 Å². The van der Waals surface area contributed by atoms with Crippen molar-refractivity contribution in [3.8, 4) is 6.07 Å². The molecule has 0 aliphatic heterocycles. The van der Waals surface area contributed by atoms with E-state index in [0.29, 0.717) is 12.0 Å². The fraction of sp³-hybridized carbons (Fsp3) is 0.200. The predicted octanol–water partition coefficient (Wildman–Crippen LogP) is 5.40. The minimum atomic E-state index is -0.872. The quantitative estimate of drug-likeness (QED) is 0.331. The Hall–Kier alpha value is -2.86. The van der Waals surface area contributed by atoms with Gasteiger partial charge < -0.3 is 5.11 Å². The lowest BCUT2D eigenvalue weighted by molar-refractivity contribution is -0.132. The van der Waals surface area contributed by atoms with Crippen molar-refractivity contribution in [3.05, 3.63) is 79.4 Å². The Morgan fingerprint density at radius 3 is 2.35 bits per heavy atom. The molecule has 0 saturated carbocycles. The van der Waals surface area contributed by atoms with Crippen molar-refractivity contribution in [3.63, 3.8) is 0 Å². The summed E-state index contributed by atoms with van der Waals surface area (Å²) >= 11 is 0. The summed E-state index contributed by atoms with van der Waals surface area (Å²) in [7, 11) is 0. The molecule has 0 atom stereocenters.